The largest absolute Gasteiger partial charge is 0.336 e. The number of amides is 3. The molecule has 1 aromatic carbocycles. The Bertz CT molecular complexity index is 596. The number of anilines is 1. The third-order valence-corrected chi connectivity index (χ3v) is 5.00. The van der Waals surface area contributed by atoms with Gasteiger partial charge in [-0.3, -0.25) is 9.69 Å². The van der Waals surface area contributed by atoms with Gasteiger partial charge in [-0.2, -0.15) is 0 Å². The second-order valence-corrected chi connectivity index (χ2v) is 6.72. The zero-order valence-corrected chi connectivity index (χ0v) is 14.5. The number of rotatable bonds is 5. The molecule has 1 N–H and O–H groups in total. The first-order valence-corrected chi connectivity index (χ1v) is 9.17. The van der Waals surface area contributed by atoms with E-state index >= 15 is 0 Å². The lowest BCUT2D eigenvalue weighted by atomic mass is 9.93. The molecule has 0 aromatic heterocycles. The van der Waals surface area contributed by atoms with Crippen LogP contribution in [0.1, 0.15) is 55.8 Å². The van der Waals surface area contributed by atoms with Crippen LogP contribution in [0.2, 0.25) is 0 Å². The monoisotopic (exact) mass is 329 g/mol. The Morgan fingerprint density at radius 3 is 2.75 bits per heavy atom. The molecule has 130 valence electrons. The van der Waals surface area contributed by atoms with Crippen molar-refractivity contribution in [2.75, 3.05) is 24.5 Å². The van der Waals surface area contributed by atoms with Crippen LogP contribution in [-0.2, 0) is 0 Å². The van der Waals surface area contributed by atoms with Gasteiger partial charge < -0.3 is 10.2 Å². The maximum Gasteiger partial charge on any atom is 0.321 e. The zero-order valence-electron chi connectivity index (χ0n) is 14.5. The summed E-state index contributed by atoms with van der Waals surface area (Å²) in [6.07, 6.45) is 6.90. The lowest BCUT2D eigenvalue weighted by Gasteiger charge is -2.34. The average molecular weight is 329 g/mol. The first-order valence-electron chi connectivity index (χ1n) is 9.17. The lowest BCUT2D eigenvalue weighted by molar-refractivity contribution is 0.0634. The molecule has 1 saturated carbocycles. The van der Waals surface area contributed by atoms with E-state index in [1.807, 2.05) is 24.3 Å². The highest BCUT2D eigenvalue weighted by Gasteiger charge is 2.27. The molecule has 3 rings (SSSR count). The molecule has 2 fully saturated rings. The quantitative estimate of drug-likeness (QED) is 0.900. The van der Waals surface area contributed by atoms with Gasteiger partial charge in [0.25, 0.3) is 5.91 Å². The summed E-state index contributed by atoms with van der Waals surface area (Å²) in [7, 11) is 0. The van der Waals surface area contributed by atoms with Gasteiger partial charge in [-0.1, -0.05) is 32.3 Å². The molecule has 0 radical (unpaired) electrons. The van der Waals surface area contributed by atoms with Crippen LogP contribution in [0.15, 0.2) is 24.3 Å². The van der Waals surface area contributed by atoms with Gasteiger partial charge in [0.05, 0.1) is 0 Å². The number of hydrogen-bond donors (Lipinski definition) is 1. The number of carbonyl (C=O) groups is 2. The van der Waals surface area contributed by atoms with E-state index < -0.39 is 0 Å². The van der Waals surface area contributed by atoms with Crippen molar-refractivity contribution in [1.29, 1.82) is 0 Å². The first kappa shape index (κ1) is 16.8. The van der Waals surface area contributed by atoms with E-state index in [2.05, 4.69) is 17.1 Å². The summed E-state index contributed by atoms with van der Waals surface area (Å²) >= 11 is 0. The SMILES string of the molecule is CCCN(C(=O)c1cccc(N2CCNC2=O)c1)C1CCCCC1. The van der Waals surface area contributed by atoms with Crippen molar-refractivity contribution in [1.82, 2.24) is 10.2 Å². The van der Waals surface area contributed by atoms with Crippen molar-refractivity contribution >= 4 is 17.6 Å². The van der Waals surface area contributed by atoms with Crippen LogP contribution in [0.3, 0.4) is 0 Å². The topological polar surface area (TPSA) is 52.7 Å². The van der Waals surface area contributed by atoms with Gasteiger partial charge in [-0.25, -0.2) is 4.79 Å². The molecule has 5 heteroatoms. The van der Waals surface area contributed by atoms with Gasteiger partial charge in [-0.05, 0) is 37.5 Å². The van der Waals surface area contributed by atoms with Crippen molar-refractivity contribution in [3.63, 3.8) is 0 Å². The molecule has 0 bridgehead atoms. The number of nitrogens with zero attached hydrogens (tertiary/aromatic N) is 2. The molecule has 2 aliphatic rings. The second kappa shape index (κ2) is 7.69. The summed E-state index contributed by atoms with van der Waals surface area (Å²) in [6, 6.07) is 7.78. The first-order chi connectivity index (χ1) is 11.7. The Labute approximate surface area is 144 Å². The van der Waals surface area contributed by atoms with Crippen LogP contribution in [-0.4, -0.2) is 42.5 Å². The molecule has 3 amide bonds. The molecular weight excluding hydrogens is 302 g/mol. The third-order valence-electron chi connectivity index (χ3n) is 5.00. The van der Waals surface area contributed by atoms with E-state index in [0.717, 1.165) is 31.5 Å². The molecule has 0 spiro atoms. The predicted molar refractivity (Wildman–Crippen MR) is 95.4 cm³/mol. The number of nitrogens with one attached hydrogen (secondary N) is 1. The number of hydrogen-bond acceptors (Lipinski definition) is 2. The van der Waals surface area contributed by atoms with Gasteiger partial charge in [-0.15, -0.1) is 0 Å². The molecule has 0 atom stereocenters. The maximum absolute atomic E-state index is 13.1. The van der Waals surface area contributed by atoms with E-state index in [0.29, 0.717) is 24.7 Å². The maximum atomic E-state index is 13.1. The van der Waals surface area contributed by atoms with Crippen molar-refractivity contribution in [2.45, 2.75) is 51.5 Å². The summed E-state index contributed by atoms with van der Waals surface area (Å²) in [4.78, 5) is 28.7. The van der Waals surface area contributed by atoms with Crippen molar-refractivity contribution in [3.05, 3.63) is 29.8 Å². The summed E-state index contributed by atoms with van der Waals surface area (Å²) < 4.78 is 0. The molecule has 1 aliphatic heterocycles. The predicted octanol–water partition coefficient (Wildman–Crippen LogP) is 3.40. The third kappa shape index (κ3) is 3.55. The summed E-state index contributed by atoms with van der Waals surface area (Å²) in [5.74, 6) is 0.102. The summed E-state index contributed by atoms with van der Waals surface area (Å²) in [5, 5.41) is 2.80. The second-order valence-electron chi connectivity index (χ2n) is 6.72. The fourth-order valence-electron chi connectivity index (χ4n) is 3.77. The Hall–Kier alpha value is -2.04. The van der Waals surface area contributed by atoms with Crippen LogP contribution >= 0.6 is 0 Å². The van der Waals surface area contributed by atoms with Crippen LogP contribution in [0.4, 0.5) is 10.5 Å². The molecule has 5 nitrogen and oxygen atoms in total. The molecular formula is C19H27N3O2. The van der Waals surface area contributed by atoms with Crippen LogP contribution in [0.25, 0.3) is 0 Å². The van der Waals surface area contributed by atoms with Crippen molar-refractivity contribution in [2.24, 2.45) is 0 Å². The van der Waals surface area contributed by atoms with Crippen LogP contribution < -0.4 is 10.2 Å². The van der Waals surface area contributed by atoms with Gasteiger partial charge in [0, 0.05) is 36.9 Å². The van der Waals surface area contributed by atoms with Gasteiger partial charge in [0.15, 0.2) is 0 Å². The average Bonchev–Trinajstić information content (AvgIpc) is 3.06. The summed E-state index contributed by atoms with van der Waals surface area (Å²) in [5.41, 5.74) is 1.49. The van der Waals surface area contributed by atoms with Crippen LogP contribution in [0.5, 0.6) is 0 Å². The van der Waals surface area contributed by atoms with E-state index in [4.69, 9.17) is 0 Å². The highest BCUT2D eigenvalue weighted by Crippen LogP contribution is 2.25. The minimum Gasteiger partial charge on any atom is -0.336 e. The molecule has 0 unspecified atom stereocenters. The van der Waals surface area contributed by atoms with Crippen molar-refractivity contribution < 1.29 is 9.59 Å². The van der Waals surface area contributed by atoms with Crippen molar-refractivity contribution in [3.8, 4) is 0 Å². The summed E-state index contributed by atoms with van der Waals surface area (Å²) in [6.45, 7) is 4.23. The minimum atomic E-state index is -0.0858. The fourth-order valence-corrected chi connectivity index (χ4v) is 3.77. The Morgan fingerprint density at radius 2 is 2.08 bits per heavy atom. The highest BCUT2D eigenvalue weighted by atomic mass is 16.2. The fraction of sp³-hybridized carbons (Fsp3) is 0.579. The smallest absolute Gasteiger partial charge is 0.321 e. The normalized spacial score (nSPS) is 18.5. The molecule has 1 saturated heterocycles. The Morgan fingerprint density at radius 1 is 1.29 bits per heavy atom. The van der Waals surface area contributed by atoms with E-state index in [-0.39, 0.29) is 11.9 Å². The van der Waals surface area contributed by atoms with E-state index in [1.54, 1.807) is 4.90 Å². The van der Waals surface area contributed by atoms with Gasteiger partial charge >= 0.3 is 6.03 Å². The van der Waals surface area contributed by atoms with Crippen LogP contribution in [0, 0.1) is 0 Å². The standard InChI is InChI=1S/C19H27N3O2/c1-2-12-21(16-8-4-3-5-9-16)18(23)15-7-6-10-17(14-15)22-13-11-20-19(22)24/h6-7,10,14,16H,2-5,8-9,11-13H2,1H3,(H,20,24). The number of benzene rings is 1. The number of urea groups is 1. The zero-order chi connectivity index (χ0) is 16.9. The minimum absolute atomic E-state index is 0.0858. The highest BCUT2D eigenvalue weighted by molar-refractivity contribution is 5.98. The Kier molecular flexibility index (Phi) is 5.38. The van der Waals surface area contributed by atoms with Gasteiger partial charge in [0.1, 0.15) is 0 Å². The molecule has 24 heavy (non-hydrogen) atoms. The molecule has 1 aliphatic carbocycles. The van der Waals surface area contributed by atoms with E-state index in [9.17, 15) is 9.59 Å². The van der Waals surface area contributed by atoms with Gasteiger partial charge in [0.2, 0.25) is 0 Å². The molecule has 1 heterocycles. The number of carbonyl (C=O) groups excluding carboxylic acids is 2. The lowest BCUT2D eigenvalue weighted by Crippen LogP contribution is -2.42. The Balaban J connectivity index is 1.80. The molecule has 1 aromatic rings. The van der Waals surface area contributed by atoms with E-state index in [1.165, 1.54) is 19.3 Å².